The second-order valence-corrected chi connectivity index (χ2v) is 4.88. The summed E-state index contributed by atoms with van der Waals surface area (Å²) < 4.78 is 0. The Bertz CT molecular complexity index is 472. The average Bonchev–Trinajstić information content (AvgIpc) is 2.34. The molecular weight excluding hydrogens is 238 g/mol. The summed E-state index contributed by atoms with van der Waals surface area (Å²) >= 11 is 6.22. The van der Waals surface area contributed by atoms with Gasteiger partial charge >= 0.3 is 0 Å². The number of hydrogen-bond acceptors (Lipinski definition) is 2. The smallest absolute Gasteiger partial charge is 0.253 e. The summed E-state index contributed by atoms with van der Waals surface area (Å²) in [6, 6.07) is 6.95. The van der Waals surface area contributed by atoms with Crippen LogP contribution in [0.5, 0.6) is 0 Å². The minimum atomic E-state index is -1.43. The molecule has 0 saturated carbocycles. The molecule has 4 heteroatoms. The molecule has 1 aliphatic rings. The number of ketones is 1. The highest BCUT2D eigenvalue weighted by Crippen LogP contribution is 2.35. The highest BCUT2D eigenvalue weighted by atomic mass is 35.5. The van der Waals surface area contributed by atoms with Crippen molar-refractivity contribution >= 4 is 29.0 Å². The molecule has 0 saturated heterocycles. The summed E-state index contributed by atoms with van der Waals surface area (Å²) in [7, 11) is 0. The minimum absolute atomic E-state index is 0.285. The molecule has 1 atom stereocenters. The molecule has 3 nitrogen and oxygen atoms in total. The second kappa shape index (κ2) is 4.49. The van der Waals surface area contributed by atoms with Gasteiger partial charge in [-0.25, -0.2) is 0 Å². The molecule has 0 radical (unpaired) electrons. The van der Waals surface area contributed by atoms with Crippen molar-refractivity contribution in [3.63, 3.8) is 0 Å². The van der Waals surface area contributed by atoms with Gasteiger partial charge in [-0.3, -0.25) is 9.59 Å². The van der Waals surface area contributed by atoms with E-state index in [0.717, 1.165) is 12.8 Å². The fraction of sp³-hybridized carbons (Fsp3) is 0.385. The first-order valence-electron chi connectivity index (χ1n) is 5.74. The molecule has 1 N–H and O–H groups in total. The lowest BCUT2D eigenvalue weighted by Gasteiger charge is -2.30. The van der Waals surface area contributed by atoms with Crippen LogP contribution < -0.4 is 5.32 Å². The molecule has 1 heterocycles. The van der Waals surface area contributed by atoms with Gasteiger partial charge in [-0.1, -0.05) is 43.5 Å². The number of benzene rings is 1. The summed E-state index contributed by atoms with van der Waals surface area (Å²) in [5, 5.41) is 2.70. The molecule has 0 fully saturated rings. The molecule has 2 rings (SSSR count). The zero-order valence-corrected chi connectivity index (χ0v) is 10.4. The van der Waals surface area contributed by atoms with Crippen LogP contribution in [0.25, 0.3) is 0 Å². The van der Waals surface area contributed by atoms with Gasteiger partial charge in [0.2, 0.25) is 0 Å². The molecule has 1 unspecified atom stereocenters. The fourth-order valence-electron chi connectivity index (χ4n) is 1.98. The van der Waals surface area contributed by atoms with Gasteiger partial charge < -0.3 is 5.32 Å². The van der Waals surface area contributed by atoms with Crippen LogP contribution in [0.3, 0.4) is 0 Å². The molecule has 1 aliphatic heterocycles. The van der Waals surface area contributed by atoms with Gasteiger partial charge in [-0.2, -0.15) is 0 Å². The number of Topliss-reactive ketones (excluding diaryl/α,β-unsaturated/α-hetero) is 1. The molecule has 90 valence electrons. The van der Waals surface area contributed by atoms with E-state index in [9.17, 15) is 9.59 Å². The van der Waals surface area contributed by atoms with Crippen LogP contribution in [0.15, 0.2) is 24.3 Å². The van der Waals surface area contributed by atoms with Crippen molar-refractivity contribution in [2.45, 2.75) is 31.1 Å². The maximum Gasteiger partial charge on any atom is 0.253 e. The number of carbonyl (C=O) groups excluding carboxylic acids is 2. The van der Waals surface area contributed by atoms with Gasteiger partial charge in [0.15, 0.2) is 10.7 Å². The number of para-hydroxylation sites is 1. The van der Waals surface area contributed by atoms with Crippen molar-refractivity contribution in [1.29, 1.82) is 0 Å². The van der Waals surface area contributed by atoms with E-state index in [0.29, 0.717) is 17.7 Å². The second-order valence-electron chi connectivity index (χ2n) is 4.23. The van der Waals surface area contributed by atoms with Crippen LogP contribution in [-0.2, 0) is 4.79 Å². The number of halogens is 1. The van der Waals surface area contributed by atoms with Crippen molar-refractivity contribution in [3.05, 3.63) is 29.8 Å². The number of rotatable bonds is 3. The highest BCUT2D eigenvalue weighted by Gasteiger charge is 2.47. The number of nitrogens with one attached hydrogen (secondary N) is 1. The van der Waals surface area contributed by atoms with Crippen molar-refractivity contribution in [2.75, 3.05) is 5.32 Å². The lowest BCUT2D eigenvalue weighted by atomic mass is 9.87. The number of fused-ring (bicyclic) bond motifs is 1. The van der Waals surface area contributed by atoms with E-state index in [1.54, 1.807) is 24.3 Å². The standard InChI is InChI=1S/C13H14ClNO2/c1-2-3-8-13(14)11(16)9-6-4-5-7-10(9)15-12(13)17/h4-7H,2-3,8H2,1H3,(H,15,17). The lowest BCUT2D eigenvalue weighted by Crippen LogP contribution is -2.48. The Labute approximate surface area is 105 Å². The van der Waals surface area contributed by atoms with Gasteiger partial charge in [0.05, 0.1) is 5.69 Å². The number of unbranched alkanes of at least 4 members (excludes halogenated alkanes) is 1. The van der Waals surface area contributed by atoms with Crippen LogP contribution in [0, 0.1) is 0 Å². The van der Waals surface area contributed by atoms with Crippen LogP contribution in [0.4, 0.5) is 5.69 Å². The van der Waals surface area contributed by atoms with Gasteiger partial charge in [-0.05, 0) is 18.6 Å². The molecule has 1 aromatic rings. The monoisotopic (exact) mass is 251 g/mol. The van der Waals surface area contributed by atoms with Crippen molar-refractivity contribution in [1.82, 2.24) is 0 Å². The summed E-state index contributed by atoms with van der Waals surface area (Å²) in [4.78, 5) is 22.8. The average molecular weight is 252 g/mol. The van der Waals surface area contributed by atoms with Gasteiger partial charge in [-0.15, -0.1) is 0 Å². The summed E-state index contributed by atoms with van der Waals surface area (Å²) in [5.41, 5.74) is 1.05. The SMILES string of the molecule is CCCCC1(Cl)C(=O)Nc2ccccc2C1=O. The van der Waals surface area contributed by atoms with Crippen LogP contribution in [0.2, 0.25) is 0 Å². The molecule has 0 spiro atoms. The summed E-state index contributed by atoms with van der Waals surface area (Å²) in [6.45, 7) is 2.00. The maximum atomic E-state index is 12.3. The maximum absolute atomic E-state index is 12.3. The van der Waals surface area contributed by atoms with E-state index in [1.165, 1.54) is 0 Å². The first-order chi connectivity index (χ1) is 8.09. The van der Waals surface area contributed by atoms with E-state index in [-0.39, 0.29) is 5.78 Å². The normalized spacial score (nSPS) is 23.2. The minimum Gasteiger partial charge on any atom is -0.323 e. The number of alkyl halides is 1. The van der Waals surface area contributed by atoms with Crippen molar-refractivity contribution in [2.24, 2.45) is 0 Å². The Kier molecular flexibility index (Phi) is 3.20. The van der Waals surface area contributed by atoms with Crippen LogP contribution in [0.1, 0.15) is 36.5 Å². The lowest BCUT2D eigenvalue weighted by molar-refractivity contribution is -0.117. The Balaban J connectivity index is 2.39. The number of carbonyl (C=O) groups is 2. The third-order valence-corrected chi connectivity index (χ3v) is 3.55. The third-order valence-electron chi connectivity index (χ3n) is 3.01. The van der Waals surface area contributed by atoms with Crippen molar-refractivity contribution < 1.29 is 9.59 Å². The van der Waals surface area contributed by atoms with Crippen LogP contribution >= 0.6 is 11.6 Å². The first kappa shape index (κ1) is 12.1. The van der Waals surface area contributed by atoms with E-state index >= 15 is 0 Å². The molecular formula is C13H14ClNO2. The van der Waals surface area contributed by atoms with Crippen LogP contribution in [-0.4, -0.2) is 16.6 Å². The van der Waals surface area contributed by atoms with Crippen molar-refractivity contribution in [3.8, 4) is 0 Å². The highest BCUT2D eigenvalue weighted by molar-refractivity contribution is 6.52. The van der Waals surface area contributed by atoms with E-state index in [2.05, 4.69) is 5.32 Å². The Morgan fingerprint density at radius 3 is 2.71 bits per heavy atom. The fourth-order valence-corrected chi connectivity index (χ4v) is 2.26. The Morgan fingerprint density at radius 1 is 1.29 bits per heavy atom. The summed E-state index contributed by atoms with van der Waals surface area (Å²) in [5.74, 6) is -0.691. The number of hydrogen-bond donors (Lipinski definition) is 1. The zero-order chi connectivity index (χ0) is 12.5. The van der Waals surface area contributed by atoms with Gasteiger partial charge in [0.25, 0.3) is 5.91 Å². The first-order valence-corrected chi connectivity index (χ1v) is 6.11. The topological polar surface area (TPSA) is 46.2 Å². The molecule has 0 bridgehead atoms. The largest absolute Gasteiger partial charge is 0.323 e. The number of anilines is 1. The molecule has 1 amide bonds. The van der Waals surface area contributed by atoms with E-state index in [4.69, 9.17) is 11.6 Å². The predicted molar refractivity (Wildman–Crippen MR) is 67.5 cm³/mol. The Morgan fingerprint density at radius 2 is 2.00 bits per heavy atom. The van der Waals surface area contributed by atoms with E-state index < -0.39 is 10.8 Å². The summed E-state index contributed by atoms with van der Waals surface area (Å²) in [6.07, 6.45) is 2.03. The molecule has 0 aromatic heterocycles. The van der Waals surface area contributed by atoms with Gasteiger partial charge in [0.1, 0.15) is 0 Å². The number of amides is 1. The predicted octanol–water partition coefficient (Wildman–Crippen LogP) is 2.99. The molecule has 17 heavy (non-hydrogen) atoms. The third kappa shape index (κ3) is 1.95. The quantitative estimate of drug-likeness (QED) is 0.663. The van der Waals surface area contributed by atoms with Gasteiger partial charge in [0, 0.05) is 5.56 Å². The Hall–Kier alpha value is -1.35. The zero-order valence-electron chi connectivity index (χ0n) is 9.63. The van der Waals surface area contributed by atoms with E-state index in [1.807, 2.05) is 6.92 Å². The molecule has 0 aliphatic carbocycles. The molecule has 1 aromatic carbocycles.